The predicted molar refractivity (Wildman–Crippen MR) is 79.1 cm³/mol. The van der Waals surface area contributed by atoms with E-state index < -0.39 is 6.10 Å². The van der Waals surface area contributed by atoms with Gasteiger partial charge in [-0.2, -0.15) is 0 Å². The number of hydrogen-bond donors (Lipinski definition) is 1. The molecule has 0 amide bonds. The first-order chi connectivity index (χ1) is 8.49. The van der Waals surface area contributed by atoms with Gasteiger partial charge in [-0.1, -0.05) is 12.1 Å². The lowest BCUT2D eigenvalue weighted by atomic mass is 9.93. The summed E-state index contributed by atoms with van der Waals surface area (Å²) in [5.74, 6) is -0.261. The second-order valence-electron chi connectivity index (χ2n) is 4.41. The third kappa shape index (κ3) is 2.72. The highest BCUT2D eigenvalue weighted by atomic mass is 127. The number of benzene rings is 2. The number of rotatable bonds is 2. The van der Waals surface area contributed by atoms with Crippen molar-refractivity contribution < 1.29 is 9.50 Å². The maximum atomic E-state index is 13.3. The second-order valence-corrected chi connectivity index (χ2v) is 5.66. The van der Waals surface area contributed by atoms with Crippen molar-refractivity contribution in [2.24, 2.45) is 0 Å². The van der Waals surface area contributed by atoms with Crippen LogP contribution in [0.5, 0.6) is 0 Å². The Balaban J connectivity index is 2.49. The third-order valence-corrected chi connectivity index (χ3v) is 3.67. The predicted octanol–water partition coefficient (Wildman–Crippen LogP) is 4.13. The molecule has 0 saturated heterocycles. The van der Waals surface area contributed by atoms with Crippen molar-refractivity contribution in [2.45, 2.75) is 20.0 Å². The Hall–Kier alpha value is -0.940. The molecule has 0 spiro atoms. The summed E-state index contributed by atoms with van der Waals surface area (Å²) in [6.07, 6.45) is -0.708. The largest absolute Gasteiger partial charge is 0.384 e. The van der Waals surface area contributed by atoms with E-state index in [9.17, 15) is 9.50 Å². The highest BCUT2D eigenvalue weighted by Crippen LogP contribution is 2.29. The standard InChI is InChI=1S/C15H14FIO/c1-9-6-12(16)7-10(2)14(9)15(18)11-4-3-5-13(17)8-11/h3-8,15,18H,1-2H3. The summed E-state index contributed by atoms with van der Waals surface area (Å²) < 4.78 is 14.3. The van der Waals surface area contributed by atoms with E-state index in [2.05, 4.69) is 22.6 Å². The second kappa shape index (κ2) is 5.36. The van der Waals surface area contributed by atoms with Gasteiger partial charge in [-0.25, -0.2) is 4.39 Å². The van der Waals surface area contributed by atoms with E-state index in [1.807, 2.05) is 38.1 Å². The Bertz CT molecular complexity index is 557. The van der Waals surface area contributed by atoms with Crippen LogP contribution in [0.2, 0.25) is 0 Å². The normalized spacial score (nSPS) is 12.5. The summed E-state index contributed by atoms with van der Waals surface area (Å²) in [4.78, 5) is 0. The molecule has 1 unspecified atom stereocenters. The first-order valence-corrected chi connectivity index (χ1v) is 6.77. The molecule has 0 radical (unpaired) electrons. The Kier molecular flexibility index (Phi) is 4.02. The van der Waals surface area contributed by atoms with Gasteiger partial charge < -0.3 is 5.11 Å². The molecule has 2 rings (SSSR count). The molecule has 94 valence electrons. The summed E-state index contributed by atoms with van der Waals surface area (Å²) in [6.45, 7) is 3.64. The van der Waals surface area contributed by atoms with E-state index in [-0.39, 0.29) is 5.82 Å². The molecule has 1 atom stereocenters. The Morgan fingerprint density at radius 2 is 1.72 bits per heavy atom. The van der Waals surface area contributed by atoms with Crippen LogP contribution in [-0.4, -0.2) is 5.11 Å². The van der Waals surface area contributed by atoms with Crippen LogP contribution in [0.25, 0.3) is 0 Å². The highest BCUT2D eigenvalue weighted by Gasteiger charge is 2.16. The van der Waals surface area contributed by atoms with Crippen LogP contribution >= 0.6 is 22.6 Å². The molecule has 3 heteroatoms. The molecule has 0 aromatic heterocycles. The van der Waals surface area contributed by atoms with Gasteiger partial charge in [-0.05, 0) is 83.0 Å². The van der Waals surface area contributed by atoms with Crippen molar-refractivity contribution in [3.05, 3.63) is 68.0 Å². The molecule has 0 heterocycles. The van der Waals surface area contributed by atoms with E-state index in [0.717, 1.165) is 25.8 Å². The number of halogens is 2. The van der Waals surface area contributed by atoms with Crippen LogP contribution in [0.4, 0.5) is 4.39 Å². The van der Waals surface area contributed by atoms with Crippen molar-refractivity contribution in [2.75, 3.05) is 0 Å². The Morgan fingerprint density at radius 1 is 1.11 bits per heavy atom. The molecule has 2 aromatic carbocycles. The van der Waals surface area contributed by atoms with Crippen LogP contribution in [0.15, 0.2) is 36.4 Å². The van der Waals surface area contributed by atoms with Gasteiger partial charge in [-0.3, -0.25) is 0 Å². The van der Waals surface area contributed by atoms with E-state index in [4.69, 9.17) is 0 Å². The average molecular weight is 356 g/mol. The lowest BCUT2D eigenvalue weighted by Gasteiger charge is -2.17. The zero-order chi connectivity index (χ0) is 13.3. The lowest BCUT2D eigenvalue weighted by Crippen LogP contribution is -2.05. The van der Waals surface area contributed by atoms with Gasteiger partial charge in [0.05, 0.1) is 0 Å². The first-order valence-electron chi connectivity index (χ1n) is 5.69. The number of aliphatic hydroxyl groups is 1. The van der Waals surface area contributed by atoms with Gasteiger partial charge >= 0.3 is 0 Å². The summed E-state index contributed by atoms with van der Waals surface area (Å²) >= 11 is 2.21. The van der Waals surface area contributed by atoms with Crippen molar-refractivity contribution in [3.63, 3.8) is 0 Å². The van der Waals surface area contributed by atoms with E-state index in [1.54, 1.807) is 0 Å². The highest BCUT2D eigenvalue weighted by molar-refractivity contribution is 14.1. The summed E-state index contributed by atoms with van der Waals surface area (Å²) in [6, 6.07) is 10.6. The van der Waals surface area contributed by atoms with Crippen molar-refractivity contribution in [1.82, 2.24) is 0 Å². The fraction of sp³-hybridized carbons (Fsp3) is 0.200. The molecule has 0 bridgehead atoms. The number of aryl methyl sites for hydroxylation is 2. The molecule has 1 N–H and O–H groups in total. The zero-order valence-corrected chi connectivity index (χ0v) is 12.4. The van der Waals surface area contributed by atoms with Crippen molar-refractivity contribution >= 4 is 22.6 Å². The third-order valence-electron chi connectivity index (χ3n) is 3.00. The van der Waals surface area contributed by atoms with Gasteiger partial charge in [0.15, 0.2) is 0 Å². The van der Waals surface area contributed by atoms with Crippen LogP contribution in [0.1, 0.15) is 28.4 Å². The van der Waals surface area contributed by atoms with Crippen molar-refractivity contribution in [3.8, 4) is 0 Å². The maximum absolute atomic E-state index is 13.3. The molecule has 0 aliphatic heterocycles. The molecule has 2 aromatic rings. The fourth-order valence-electron chi connectivity index (χ4n) is 2.20. The molecule has 0 fully saturated rings. The van der Waals surface area contributed by atoms with E-state index in [1.165, 1.54) is 12.1 Å². The summed E-state index contributed by atoms with van der Waals surface area (Å²) in [5.41, 5.74) is 3.18. The maximum Gasteiger partial charge on any atom is 0.123 e. The summed E-state index contributed by atoms with van der Waals surface area (Å²) in [7, 11) is 0. The number of hydrogen-bond acceptors (Lipinski definition) is 1. The van der Waals surface area contributed by atoms with Crippen LogP contribution in [0.3, 0.4) is 0 Å². The Morgan fingerprint density at radius 3 is 2.28 bits per heavy atom. The van der Waals surface area contributed by atoms with Gasteiger partial charge in [-0.15, -0.1) is 0 Å². The van der Waals surface area contributed by atoms with E-state index in [0.29, 0.717) is 0 Å². The summed E-state index contributed by atoms with van der Waals surface area (Å²) in [5, 5.41) is 10.4. The first kappa shape index (κ1) is 13.5. The molecule has 0 aliphatic rings. The van der Waals surface area contributed by atoms with E-state index >= 15 is 0 Å². The molecular formula is C15H14FIO. The van der Waals surface area contributed by atoms with Gasteiger partial charge in [0.2, 0.25) is 0 Å². The average Bonchev–Trinajstić information content (AvgIpc) is 2.27. The van der Waals surface area contributed by atoms with Gasteiger partial charge in [0.1, 0.15) is 11.9 Å². The minimum Gasteiger partial charge on any atom is -0.384 e. The molecule has 1 nitrogen and oxygen atoms in total. The molecule has 0 saturated carbocycles. The van der Waals surface area contributed by atoms with Crippen molar-refractivity contribution in [1.29, 1.82) is 0 Å². The minimum absolute atomic E-state index is 0.261. The minimum atomic E-state index is -0.708. The lowest BCUT2D eigenvalue weighted by molar-refractivity contribution is 0.218. The molecular weight excluding hydrogens is 342 g/mol. The van der Waals surface area contributed by atoms with Crippen LogP contribution in [-0.2, 0) is 0 Å². The molecule has 18 heavy (non-hydrogen) atoms. The van der Waals surface area contributed by atoms with Crippen LogP contribution < -0.4 is 0 Å². The monoisotopic (exact) mass is 356 g/mol. The van der Waals surface area contributed by atoms with Gasteiger partial charge in [0, 0.05) is 3.57 Å². The topological polar surface area (TPSA) is 20.2 Å². The quantitative estimate of drug-likeness (QED) is 0.803. The zero-order valence-electron chi connectivity index (χ0n) is 10.2. The van der Waals surface area contributed by atoms with Gasteiger partial charge in [0.25, 0.3) is 0 Å². The SMILES string of the molecule is Cc1cc(F)cc(C)c1C(O)c1cccc(I)c1. The fourth-order valence-corrected chi connectivity index (χ4v) is 2.76. The molecule has 0 aliphatic carbocycles. The smallest absolute Gasteiger partial charge is 0.123 e. The van der Waals surface area contributed by atoms with Crippen LogP contribution in [0, 0.1) is 23.2 Å². The number of aliphatic hydroxyl groups excluding tert-OH is 1. The Labute approximate surface area is 120 Å².